The van der Waals surface area contributed by atoms with Crippen LogP contribution in [0, 0.1) is 0 Å². The number of nitrogens with two attached hydrogens (primary N) is 1. The molecule has 0 radical (unpaired) electrons. The lowest BCUT2D eigenvalue weighted by Crippen LogP contribution is -2.29. The second-order valence-electron chi connectivity index (χ2n) is 5.18. The first-order chi connectivity index (χ1) is 10.7. The molecule has 4 nitrogen and oxygen atoms in total. The van der Waals surface area contributed by atoms with E-state index in [-0.39, 0.29) is 0 Å². The molecule has 0 saturated heterocycles. The first-order valence-electron chi connectivity index (χ1n) is 7.43. The summed E-state index contributed by atoms with van der Waals surface area (Å²) in [4.78, 5) is 10.6. The molecule has 116 valence electrons. The molecule has 2 aromatic carbocycles. The molecule has 2 rings (SSSR count). The fraction of sp³-hybridized carbons (Fsp3) is 0.278. The van der Waals surface area contributed by atoms with Gasteiger partial charge in [-0.2, -0.15) is 0 Å². The van der Waals surface area contributed by atoms with Crippen molar-refractivity contribution in [2.75, 3.05) is 6.61 Å². The van der Waals surface area contributed by atoms with Gasteiger partial charge in [-0.15, -0.1) is 0 Å². The van der Waals surface area contributed by atoms with E-state index in [4.69, 9.17) is 15.6 Å². The zero-order chi connectivity index (χ0) is 15.8. The lowest BCUT2D eigenvalue weighted by atomic mass is 10.1. The van der Waals surface area contributed by atoms with E-state index < -0.39 is 12.0 Å². The predicted octanol–water partition coefficient (Wildman–Crippen LogP) is 3.31. The summed E-state index contributed by atoms with van der Waals surface area (Å²) in [5.74, 6) is -0.125. The topological polar surface area (TPSA) is 72.5 Å². The van der Waals surface area contributed by atoms with Crippen LogP contribution in [0.25, 0.3) is 11.1 Å². The van der Waals surface area contributed by atoms with Crippen LogP contribution in [0.3, 0.4) is 0 Å². The van der Waals surface area contributed by atoms with E-state index in [1.807, 2.05) is 42.5 Å². The Morgan fingerprint density at radius 2 is 1.64 bits per heavy atom. The van der Waals surface area contributed by atoms with Crippen molar-refractivity contribution in [3.8, 4) is 16.9 Å². The van der Waals surface area contributed by atoms with Crippen molar-refractivity contribution >= 4 is 5.97 Å². The molecule has 2 aromatic rings. The summed E-state index contributed by atoms with van der Waals surface area (Å²) < 4.78 is 5.65. The van der Waals surface area contributed by atoms with Crippen molar-refractivity contribution in [2.24, 2.45) is 5.73 Å². The molecule has 4 heteroatoms. The third-order valence-electron chi connectivity index (χ3n) is 3.46. The minimum Gasteiger partial charge on any atom is -0.494 e. The minimum atomic E-state index is -0.947. The van der Waals surface area contributed by atoms with Crippen LogP contribution in [0.4, 0.5) is 0 Å². The van der Waals surface area contributed by atoms with Crippen molar-refractivity contribution in [2.45, 2.75) is 25.3 Å². The van der Waals surface area contributed by atoms with Gasteiger partial charge in [0.25, 0.3) is 0 Å². The molecule has 0 aliphatic rings. The van der Waals surface area contributed by atoms with Crippen LogP contribution in [0.15, 0.2) is 54.6 Å². The summed E-state index contributed by atoms with van der Waals surface area (Å²) in [7, 11) is 0. The summed E-state index contributed by atoms with van der Waals surface area (Å²) in [6.45, 7) is 0.566. The van der Waals surface area contributed by atoms with Crippen LogP contribution in [0.5, 0.6) is 5.75 Å². The molecule has 0 aliphatic carbocycles. The number of carbonyl (C=O) groups is 1. The van der Waals surface area contributed by atoms with E-state index in [1.54, 1.807) is 0 Å². The number of unbranched alkanes of at least 4 members (excludes halogenated alkanes) is 1. The Bertz CT molecular complexity index is 581. The largest absolute Gasteiger partial charge is 0.494 e. The summed E-state index contributed by atoms with van der Waals surface area (Å²) in [6, 6.07) is 17.4. The van der Waals surface area contributed by atoms with E-state index in [1.165, 1.54) is 5.56 Å². The summed E-state index contributed by atoms with van der Waals surface area (Å²) in [5.41, 5.74) is 7.77. The number of aliphatic carboxylic acids is 1. The van der Waals surface area contributed by atoms with Crippen LogP contribution in [0.2, 0.25) is 0 Å². The Morgan fingerprint density at radius 1 is 1.00 bits per heavy atom. The molecule has 22 heavy (non-hydrogen) atoms. The monoisotopic (exact) mass is 299 g/mol. The lowest BCUT2D eigenvalue weighted by molar-refractivity contribution is -0.138. The highest BCUT2D eigenvalue weighted by atomic mass is 16.5. The first kappa shape index (κ1) is 16.0. The van der Waals surface area contributed by atoms with Crippen LogP contribution in [-0.4, -0.2) is 23.7 Å². The maximum absolute atomic E-state index is 10.6. The van der Waals surface area contributed by atoms with E-state index in [2.05, 4.69) is 12.1 Å². The number of carboxylic acid groups (broad SMARTS) is 1. The minimum absolute atomic E-state index is 0.478. The van der Waals surface area contributed by atoms with Crippen LogP contribution in [0.1, 0.15) is 19.3 Å². The smallest absolute Gasteiger partial charge is 0.320 e. The Morgan fingerprint density at radius 3 is 2.27 bits per heavy atom. The summed E-state index contributed by atoms with van der Waals surface area (Å²) in [6.07, 6.45) is 2.02. The van der Waals surface area contributed by atoms with Crippen molar-refractivity contribution in [3.05, 3.63) is 54.6 Å². The van der Waals surface area contributed by atoms with Crippen LogP contribution >= 0.6 is 0 Å². The molecule has 0 bridgehead atoms. The van der Waals surface area contributed by atoms with Gasteiger partial charge in [0.15, 0.2) is 0 Å². The average molecular weight is 299 g/mol. The van der Waals surface area contributed by atoms with Crippen molar-refractivity contribution < 1.29 is 14.6 Å². The number of benzene rings is 2. The highest BCUT2D eigenvalue weighted by Gasteiger charge is 2.09. The molecule has 0 spiro atoms. The SMILES string of the molecule is N[C@@H](CCCCOc1ccc(-c2ccccc2)cc1)C(=O)O. The van der Waals surface area contributed by atoms with Gasteiger partial charge in [-0.25, -0.2) is 0 Å². The highest BCUT2D eigenvalue weighted by molar-refractivity contribution is 5.72. The Labute approximate surface area is 130 Å². The second kappa shape index (κ2) is 8.20. The van der Waals surface area contributed by atoms with Crippen LogP contribution < -0.4 is 10.5 Å². The fourth-order valence-corrected chi connectivity index (χ4v) is 2.15. The van der Waals surface area contributed by atoms with Gasteiger partial charge in [0.05, 0.1) is 6.61 Å². The van der Waals surface area contributed by atoms with Crippen molar-refractivity contribution in [1.82, 2.24) is 0 Å². The van der Waals surface area contributed by atoms with Gasteiger partial charge in [-0.3, -0.25) is 4.79 Å². The molecule has 0 amide bonds. The summed E-state index contributed by atoms with van der Waals surface area (Å²) >= 11 is 0. The van der Waals surface area contributed by atoms with Gasteiger partial charge >= 0.3 is 5.97 Å². The number of hydrogen-bond acceptors (Lipinski definition) is 3. The number of ether oxygens (including phenoxy) is 1. The van der Waals surface area contributed by atoms with Gasteiger partial charge in [-0.1, -0.05) is 42.5 Å². The molecule has 0 aromatic heterocycles. The summed E-state index contributed by atoms with van der Waals surface area (Å²) in [5, 5.41) is 8.68. The van der Waals surface area contributed by atoms with E-state index >= 15 is 0 Å². The Balaban J connectivity index is 1.74. The number of hydrogen-bond donors (Lipinski definition) is 2. The average Bonchev–Trinajstić information content (AvgIpc) is 2.55. The Kier molecular flexibility index (Phi) is 5.98. The molecule has 0 aliphatic heterocycles. The van der Waals surface area contributed by atoms with Gasteiger partial charge in [0, 0.05) is 0 Å². The van der Waals surface area contributed by atoms with Gasteiger partial charge in [0.1, 0.15) is 11.8 Å². The molecule has 3 N–H and O–H groups in total. The quantitative estimate of drug-likeness (QED) is 0.733. The zero-order valence-electron chi connectivity index (χ0n) is 12.4. The number of carboxylic acids is 1. The Hall–Kier alpha value is -2.33. The van der Waals surface area contributed by atoms with E-state index in [9.17, 15) is 4.79 Å². The fourth-order valence-electron chi connectivity index (χ4n) is 2.15. The predicted molar refractivity (Wildman–Crippen MR) is 86.8 cm³/mol. The van der Waals surface area contributed by atoms with Crippen molar-refractivity contribution in [1.29, 1.82) is 0 Å². The third-order valence-corrected chi connectivity index (χ3v) is 3.46. The normalized spacial score (nSPS) is 11.9. The van der Waals surface area contributed by atoms with Crippen LogP contribution in [-0.2, 0) is 4.79 Å². The molecule has 0 heterocycles. The zero-order valence-corrected chi connectivity index (χ0v) is 12.4. The molecule has 0 unspecified atom stereocenters. The van der Waals surface area contributed by atoms with E-state index in [0.29, 0.717) is 13.0 Å². The molecule has 0 fully saturated rings. The molecule has 1 atom stereocenters. The molecular weight excluding hydrogens is 278 g/mol. The lowest BCUT2D eigenvalue weighted by Gasteiger charge is -2.08. The maximum Gasteiger partial charge on any atom is 0.320 e. The maximum atomic E-state index is 10.6. The second-order valence-corrected chi connectivity index (χ2v) is 5.18. The van der Waals surface area contributed by atoms with Crippen molar-refractivity contribution in [3.63, 3.8) is 0 Å². The van der Waals surface area contributed by atoms with Gasteiger partial charge in [-0.05, 0) is 42.5 Å². The first-order valence-corrected chi connectivity index (χ1v) is 7.43. The molecule has 0 saturated carbocycles. The van der Waals surface area contributed by atoms with Gasteiger partial charge < -0.3 is 15.6 Å². The van der Waals surface area contributed by atoms with E-state index in [0.717, 1.165) is 24.2 Å². The van der Waals surface area contributed by atoms with Gasteiger partial charge in [0.2, 0.25) is 0 Å². The number of rotatable bonds is 8. The molecular formula is C18H21NO3. The standard InChI is InChI=1S/C18H21NO3/c19-17(18(20)21)8-4-5-13-22-16-11-9-15(10-12-16)14-6-2-1-3-7-14/h1-3,6-7,9-12,17H,4-5,8,13,19H2,(H,20,21)/t17-/m0/s1. The highest BCUT2D eigenvalue weighted by Crippen LogP contribution is 2.22. The third kappa shape index (κ3) is 4.90.